The molecule has 0 atom stereocenters. The maximum Gasteiger partial charge on any atom is 0.305 e. The van der Waals surface area contributed by atoms with Crippen molar-refractivity contribution in [1.29, 1.82) is 0 Å². The van der Waals surface area contributed by atoms with Gasteiger partial charge in [-0.3, -0.25) is 9.36 Å². The molecule has 0 amide bonds. The second-order valence-electron chi connectivity index (χ2n) is 4.75. The van der Waals surface area contributed by atoms with Gasteiger partial charge in [0, 0.05) is 25.4 Å². The number of carbonyl (C=O) groups is 1. The fraction of sp³-hybridized carbons (Fsp3) is 0.429. The summed E-state index contributed by atoms with van der Waals surface area (Å²) >= 11 is 8.24. The Morgan fingerprint density at radius 3 is 2.86 bits per heavy atom. The molecule has 1 aromatic heterocycles. The number of thioether (sulfide) groups is 1. The zero-order chi connectivity index (χ0) is 16.3. The van der Waals surface area contributed by atoms with Gasteiger partial charge in [-0.25, -0.2) is 0 Å². The van der Waals surface area contributed by atoms with E-state index in [0.717, 1.165) is 17.3 Å². The Bertz CT molecular complexity index is 675. The lowest BCUT2D eigenvalue weighted by atomic mass is 10.2. The van der Waals surface area contributed by atoms with Gasteiger partial charge in [0.05, 0.1) is 16.3 Å². The summed E-state index contributed by atoms with van der Waals surface area (Å²) in [5, 5.41) is 20.0. The molecule has 5 nitrogen and oxygen atoms in total. The first kappa shape index (κ1) is 17.1. The Labute approximate surface area is 142 Å². The average Bonchev–Trinajstić information content (AvgIpc) is 3.01. The first-order valence-corrected chi connectivity index (χ1v) is 9.08. The molecule has 8 heteroatoms. The lowest BCUT2D eigenvalue weighted by Gasteiger charge is -2.18. The molecule has 0 aliphatic carbocycles. The SMILES string of the molecule is C=C(C=C1SCCN1CCC(=O)O)c1sc(=S)n(CC)c1O. The van der Waals surface area contributed by atoms with Crippen LogP contribution in [0.3, 0.4) is 0 Å². The van der Waals surface area contributed by atoms with Crippen LogP contribution in [-0.4, -0.2) is 44.5 Å². The molecule has 0 unspecified atom stereocenters. The number of aromatic hydroxyl groups is 1. The largest absolute Gasteiger partial charge is 0.493 e. The van der Waals surface area contributed by atoms with Crippen LogP contribution in [0, 0.1) is 3.95 Å². The second-order valence-corrected chi connectivity index (χ2v) is 7.51. The van der Waals surface area contributed by atoms with Crippen LogP contribution in [0.1, 0.15) is 18.2 Å². The predicted octanol–water partition coefficient (Wildman–Crippen LogP) is 3.38. The first-order chi connectivity index (χ1) is 10.4. The number of hydrogen-bond donors (Lipinski definition) is 2. The molecule has 0 saturated carbocycles. The topological polar surface area (TPSA) is 65.7 Å². The molecule has 0 radical (unpaired) electrons. The maximum absolute atomic E-state index is 10.7. The van der Waals surface area contributed by atoms with Crippen LogP contribution in [0.15, 0.2) is 17.7 Å². The third-order valence-electron chi connectivity index (χ3n) is 3.29. The number of nitrogens with zero attached hydrogens (tertiary/aromatic N) is 2. The molecule has 1 saturated heterocycles. The van der Waals surface area contributed by atoms with Gasteiger partial charge in [0.2, 0.25) is 5.88 Å². The highest BCUT2D eigenvalue weighted by atomic mass is 32.2. The molecule has 1 aromatic rings. The number of hydrogen-bond acceptors (Lipinski definition) is 6. The lowest BCUT2D eigenvalue weighted by molar-refractivity contribution is -0.137. The van der Waals surface area contributed by atoms with Gasteiger partial charge in [-0.1, -0.05) is 6.58 Å². The zero-order valence-corrected chi connectivity index (χ0v) is 14.7. The molecule has 2 heterocycles. The number of aromatic nitrogens is 1. The Balaban J connectivity index is 2.19. The third-order valence-corrected chi connectivity index (χ3v) is 5.87. The van der Waals surface area contributed by atoms with Gasteiger partial charge in [0.25, 0.3) is 0 Å². The van der Waals surface area contributed by atoms with Crippen molar-refractivity contribution in [2.45, 2.75) is 19.9 Å². The number of allylic oxidation sites excluding steroid dienone is 2. The van der Waals surface area contributed by atoms with Crippen molar-refractivity contribution in [2.24, 2.45) is 0 Å². The van der Waals surface area contributed by atoms with E-state index in [1.165, 1.54) is 11.3 Å². The van der Waals surface area contributed by atoms with Gasteiger partial charge >= 0.3 is 5.97 Å². The molecule has 120 valence electrons. The molecule has 0 spiro atoms. The van der Waals surface area contributed by atoms with E-state index >= 15 is 0 Å². The molecule has 2 rings (SSSR count). The number of aliphatic carboxylic acids is 1. The summed E-state index contributed by atoms with van der Waals surface area (Å²) in [6.45, 7) is 7.88. The van der Waals surface area contributed by atoms with Crippen LogP contribution < -0.4 is 0 Å². The third kappa shape index (κ3) is 3.74. The number of carboxylic acids is 1. The molecular formula is C14H18N2O3S3. The molecule has 1 fully saturated rings. The van der Waals surface area contributed by atoms with Crippen LogP contribution in [-0.2, 0) is 11.3 Å². The van der Waals surface area contributed by atoms with Gasteiger partial charge < -0.3 is 15.1 Å². The normalized spacial score (nSPS) is 16.4. The summed E-state index contributed by atoms with van der Waals surface area (Å²) in [7, 11) is 0. The summed E-state index contributed by atoms with van der Waals surface area (Å²) in [5.41, 5.74) is 0.700. The van der Waals surface area contributed by atoms with Crippen molar-refractivity contribution in [3.8, 4) is 5.88 Å². The van der Waals surface area contributed by atoms with Gasteiger partial charge in [-0.2, -0.15) is 0 Å². The van der Waals surface area contributed by atoms with E-state index in [2.05, 4.69) is 6.58 Å². The van der Waals surface area contributed by atoms with E-state index in [1.54, 1.807) is 16.3 Å². The Morgan fingerprint density at radius 1 is 1.55 bits per heavy atom. The molecular weight excluding hydrogens is 340 g/mol. The number of carboxylic acid groups (broad SMARTS) is 1. The summed E-state index contributed by atoms with van der Waals surface area (Å²) in [6, 6.07) is 0. The van der Waals surface area contributed by atoms with Crippen LogP contribution >= 0.6 is 35.3 Å². The Hall–Kier alpha value is -1.25. The molecule has 1 aliphatic rings. The standard InChI is InChI=1S/C14H18N2O3S3/c1-3-16-13(19)12(22-14(16)20)9(2)8-10-15(6-7-21-10)5-4-11(17)18/h8,19H,2-7H2,1H3,(H,17,18). The fourth-order valence-electron chi connectivity index (χ4n) is 2.15. The van der Waals surface area contributed by atoms with Crippen LogP contribution in [0.4, 0.5) is 0 Å². The van der Waals surface area contributed by atoms with E-state index in [-0.39, 0.29) is 12.3 Å². The fourth-order valence-corrected chi connectivity index (χ4v) is 4.62. The lowest BCUT2D eigenvalue weighted by Crippen LogP contribution is -2.21. The highest BCUT2D eigenvalue weighted by Crippen LogP contribution is 2.36. The smallest absolute Gasteiger partial charge is 0.305 e. The van der Waals surface area contributed by atoms with Gasteiger partial charge in [0.1, 0.15) is 0 Å². The molecule has 2 N–H and O–H groups in total. The average molecular weight is 359 g/mol. The second kappa shape index (κ2) is 7.34. The zero-order valence-electron chi connectivity index (χ0n) is 12.2. The van der Waals surface area contributed by atoms with Crippen LogP contribution in [0.2, 0.25) is 0 Å². The summed E-state index contributed by atoms with van der Waals surface area (Å²) in [6.07, 6.45) is 2.01. The summed E-state index contributed by atoms with van der Waals surface area (Å²) in [5.74, 6) is 0.279. The van der Waals surface area contributed by atoms with Crippen LogP contribution in [0.5, 0.6) is 5.88 Å². The van der Waals surface area contributed by atoms with Crippen LogP contribution in [0.25, 0.3) is 5.57 Å². The number of thiazole rings is 1. The molecule has 1 aliphatic heterocycles. The quantitative estimate of drug-likeness (QED) is 0.760. The van der Waals surface area contributed by atoms with Crippen molar-refractivity contribution in [1.82, 2.24) is 9.47 Å². The maximum atomic E-state index is 10.7. The van der Waals surface area contributed by atoms with Crippen molar-refractivity contribution in [3.05, 3.63) is 26.5 Å². The van der Waals surface area contributed by atoms with E-state index in [0.29, 0.717) is 27.5 Å². The van der Waals surface area contributed by atoms with E-state index in [4.69, 9.17) is 17.3 Å². The Kier molecular flexibility index (Phi) is 5.71. The predicted molar refractivity (Wildman–Crippen MR) is 93.9 cm³/mol. The summed E-state index contributed by atoms with van der Waals surface area (Å²) < 4.78 is 2.29. The Morgan fingerprint density at radius 2 is 2.27 bits per heavy atom. The van der Waals surface area contributed by atoms with Crippen molar-refractivity contribution < 1.29 is 15.0 Å². The highest BCUT2D eigenvalue weighted by molar-refractivity contribution is 8.03. The van der Waals surface area contributed by atoms with Crippen molar-refractivity contribution >= 4 is 46.9 Å². The monoisotopic (exact) mass is 358 g/mol. The van der Waals surface area contributed by atoms with E-state index in [1.807, 2.05) is 17.9 Å². The van der Waals surface area contributed by atoms with E-state index in [9.17, 15) is 9.90 Å². The first-order valence-electron chi connectivity index (χ1n) is 6.87. The molecule has 0 bridgehead atoms. The van der Waals surface area contributed by atoms with Gasteiger partial charge in [-0.05, 0) is 30.8 Å². The highest BCUT2D eigenvalue weighted by Gasteiger charge is 2.20. The molecule has 22 heavy (non-hydrogen) atoms. The minimum absolute atomic E-state index is 0.112. The van der Waals surface area contributed by atoms with Gasteiger partial charge in [0.15, 0.2) is 3.95 Å². The van der Waals surface area contributed by atoms with Crippen molar-refractivity contribution in [2.75, 3.05) is 18.8 Å². The van der Waals surface area contributed by atoms with Crippen molar-refractivity contribution in [3.63, 3.8) is 0 Å². The van der Waals surface area contributed by atoms with E-state index < -0.39 is 5.97 Å². The summed E-state index contributed by atoms with van der Waals surface area (Å²) in [4.78, 5) is 13.4. The molecule has 0 aromatic carbocycles. The minimum Gasteiger partial charge on any atom is -0.493 e. The minimum atomic E-state index is -0.800. The van der Waals surface area contributed by atoms with Gasteiger partial charge in [-0.15, -0.1) is 23.1 Å². The number of rotatable bonds is 6.